The van der Waals surface area contributed by atoms with Gasteiger partial charge in [-0.25, -0.2) is 0 Å². The van der Waals surface area contributed by atoms with Gasteiger partial charge < -0.3 is 11.1 Å². The van der Waals surface area contributed by atoms with Crippen LogP contribution in [-0.2, 0) is 0 Å². The van der Waals surface area contributed by atoms with E-state index in [4.69, 9.17) is 5.73 Å². The van der Waals surface area contributed by atoms with Crippen molar-refractivity contribution >= 4 is 0 Å². The Morgan fingerprint density at radius 1 is 1.00 bits per heavy atom. The monoisotopic (exact) mass is 240 g/mol. The predicted molar refractivity (Wildman–Crippen MR) is 76.0 cm³/mol. The highest BCUT2D eigenvalue weighted by molar-refractivity contribution is 5.03. The summed E-state index contributed by atoms with van der Waals surface area (Å²) in [5.74, 6) is 0.687. The van der Waals surface area contributed by atoms with Crippen molar-refractivity contribution in [3.05, 3.63) is 0 Å². The zero-order valence-corrected chi connectivity index (χ0v) is 12.7. The van der Waals surface area contributed by atoms with Crippen LogP contribution in [0.25, 0.3) is 0 Å². The van der Waals surface area contributed by atoms with Crippen molar-refractivity contribution in [1.29, 1.82) is 0 Å². The summed E-state index contributed by atoms with van der Waals surface area (Å²) in [5, 5.41) is 3.77. The molecule has 2 heteroatoms. The molecule has 2 nitrogen and oxygen atoms in total. The summed E-state index contributed by atoms with van der Waals surface area (Å²) >= 11 is 0. The van der Waals surface area contributed by atoms with Crippen LogP contribution in [0.3, 0.4) is 0 Å². The third-order valence-corrected chi connectivity index (χ3v) is 3.87. The zero-order valence-electron chi connectivity index (χ0n) is 12.7. The summed E-state index contributed by atoms with van der Waals surface area (Å²) in [4.78, 5) is 0. The fraction of sp³-hybridized carbons (Fsp3) is 1.00. The Hall–Kier alpha value is -0.0800. The van der Waals surface area contributed by atoms with Crippen molar-refractivity contribution in [2.75, 3.05) is 13.1 Å². The average Bonchev–Trinajstić information content (AvgIpc) is 2.10. The lowest BCUT2D eigenvalue weighted by Crippen LogP contribution is -2.59. The number of hydrogen-bond donors (Lipinski definition) is 2. The molecule has 1 saturated carbocycles. The van der Waals surface area contributed by atoms with E-state index in [1.54, 1.807) is 0 Å². The maximum Gasteiger partial charge on any atom is 0.0314 e. The lowest BCUT2D eigenvalue weighted by molar-refractivity contribution is 0.0311. The number of nitrogens with one attached hydrogen (secondary N) is 1. The SMILES string of the molecule is CC(C)CNC1(CN)CC(C)(C)CC(C)(C)C1. The Morgan fingerprint density at radius 2 is 1.47 bits per heavy atom. The number of hydrogen-bond acceptors (Lipinski definition) is 2. The summed E-state index contributed by atoms with van der Waals surface area (Å²) in [7, 11) is 0. The molecule has 0 amide bonds. The standard InChI is InChI=1S/C15H32N2/c1-12(2)7-17-15(11-16)9-13(3,4)8-14(5,6)10-15/h12,17H,7-11,16H2,1-6H3. The van der Waals surface area contributed by atoms with Crippen LogP contribution in [0, 0.1) is 16.7 Å². The topological polar surface area (TPSA) is 38.0 Å². The molecule has 1 fully saturated rings. The smallest absolute Gasteiger partial charge is 0.0314 e. The second-order valence-electron chi connectivity index (χ2n) is 8.12. The van der Waals surface area contributed by atoms with E-state index < -0.39 is 0 Å². The van der Waals surface area contributed by atoms with Gasteiger partial charge in [0.1, 0.15) is 0 Å². The maximum atomic E-state index is 6.10. The second-order valence-corrected chi connectivity index (χ2v) is 8.12. The lowest BCUT2D eigenvalue weighted by atomic mass is 9.58. The summed E-state index contributed by atoms with van der Waals surface area (Å²) in [6.45, 7) is 15.9. The first kappa shape index (κ1) is 15.0. The van der Waals surface area contributed by atoms with Crippen LogP contribution in [-0.4, -0.2) is 18.6 Å². The molecule has 0 heterocycles. The first-order chi connectivity index (χ1) is 7.60. The van der Waals surface area contributed by atoms with Crippen LogP contribution in [0.2, 0.25) is 0 Å². The zero-order chi connectivity index (χ0) is 13.3. The molecule has 0 bridgehead atoms. The van der Waals surface area contributed by atoms with E-state index in [0.717, 1.165) is 13.1 Å². The van der Waals surface area contributed by atoms with Gasteiger partial charge in [0.25, 0.3) is 0 Å². The minimum absolute atomic E-state index is 0.148. The Bertz CT molecular complexity index is 238. The van der Waals surface area contributed by atoms with E-state index in [9.17, 15) is 0 Å². The molecule has 0 aromatic carbocycles. The first-order valence-electron chi connectivity index (χ1n) is 7.05. The third kappa shape index (κ3) is 4.26. The first-order valence-corrected chi connectivity index (χ1v) is 7.05. The Kier molecular flexibility index (Phi) is 4.31. The Morgan fingerprint density at radius 3 is 1.82 bits per heavy atom. The van der Waals surface area contributed by atoms with Crippen LogP contribution in [0.4, 0.5) is 0 Å². The van der Waals surface area contributed by atoms with E-state index in [2.05, 4.69) is 46.9 Å². The minimum atomic E-state index is 0.148. The highest BCUT2D eigenvalue weighted by Crippen LogP contribution is 2.49. The van der Waals surface area contributed by atoms with E-state index in [1.165, 1.54) is 19.3 Å². The van der Waals surface area contributed by atoms with E-state index in [1.807, 2.05) is 0 Å². The molecule has 0 aliphatic heterocycles. The predicted octanol–water partition coefficient (Wildman–Crippen LogP) is 3.17. The fourth-order valence-electron chi connectivity index (χ4n) is 4.08. The average molecular weight is 240 g/mol. The van der Waals surface area contributed by atoms with Gasteiger partial charge in [0.2, 0.25) is 0 Å². The van der Waals surface area contributed by atoms with Crippen LogP contribution in [0.5, 0.6) is 0 Å². The van der Waals surface area contributed by atoms with Gasteiger partial charge in [-0.3, -0.25) is 0 Å². The van der Waals surface area contributed by atoms with Gasteiger partial charge in [0.15, 0.2) is 0 Å². The molecule has 0 unspecified atom stereocenters. The van der Waals surface area contributed by atoms with Gasteiger partial charge in [-0.1, -0.05) is 41.5 Å². The largest absolute Gasteiger partial charge is 0.329 e. The van der Waals surface area contributed by atoms with Crippen molar-refractivity contribution < 1.29 is 0 Å². The highest BCUT2D eigenvalue weighted by Gasteiger charge is 2.46. The minimum Gasteiger partial charge on any atom is -0.329 e. The molecule has 0 aromatic rings. The summed E-state index contributed by atoms with van der Waals surface area (Å²) in [6.07, 6.45) is 3.70. The molecule has 17 heavy (non-hydrogen) atoms. The van der Waals surface area contributed by atoms with Gasteiger partial charge in [-0.2, -0.15) is 0 Å². The summed E-state index contributed by atoms with van der Waals surface area (Å²) in [5.41, 5.74) is 7.04. The van der Waals surface area contributed by atoms with Gasteiger partial charge in [0.05, 0.1) is 0 Å². The van der Waals surface area contributed by atoms with E-state index in [0.29, 0.717) is 16.7 Å². The Labute approximate surface area is 108 Å². The number of nitrogens with two attached hydrogens (primary N) is 1. The number of rotatable bonds is 4. The molecule has 1 aliphatic carbocycles. The van der Waals surface area contributed by atoms with Gasteiger partial charge in [0, 0.05) is 12.1 Å². The van der Waals surface area contributed by atoms with Crippen molar-refractivity contribution in [3.63, 3.8) is 0 Å². The molecule has 0 saturated heterocycles. The van der Waals surface area contributed by atoms with Crippen molar-refractivity contribution in [1.82, 2.24) is 5.32 Å². The molecule has 0 spiro atoms. The van der Waals surface area contributed by atoms with Gasteiger partial charge in [-0.05, 0) is 42.6 Å². The summed E-state index contributed by atoms with van der Waals surface area (Å²) in [6, 6.07) is 0. The molecule has 0 aromatic heterocycles. The van der Waals surface area contributed by atoms with Crippen LogP contribution < -0.4 is 11.1 Å². The molecular formula is C15H32N2. The molecule has 1 rings (SSSR count). The normalized spacial score (nSPS) is 26.1. The molecule has 0 radical (unpaired) electrons. The van der Waals surface area contributed by atoms with Crippen molar-refractivity contribution in [3.8, 4) is 0 Å². The highest BCUT2D eigenvalue weighted by atomic mass is 15.0. The maximum absolute atomic E-state index is 6.10. The van der Waals surface area contributed by atoms with Crippen LogP contribution in [0.1, 0.15) is 60.8 Å². The Balaban J connectivity index is 2.82. The molecule has 1 aliphatic rings. The second kappa shape index (κ2) is 4.89. The molecule has 102 valence electrons. The fourth-order valence-corrected chi connectivity index (χ4v) is 4.08. The van der Waals surface area contributed by atoms with Crippen molar-refractivity contribution in [2.24, 2.45) is 22.5 Å². The molecule has 0 atom stereocenters. The van der Waals surface area contributed by atoms with E-state index in [-0.39, 0.29) is 5.54 Å². The van der Waals surface area contributed by atoms with Gasteiger partial charge in [-0.15, -0.1) is 0 Å². The van der Waals surface area contributed by atoms with Crippen LogP contribution >= 0.6 is 0 Å². The molecular weight excluding hydrogens is 208 g/mol. The van der Waals surface area contributed by atoms with E-state index >= 15 is 0 Å². The van der Waals surface area contributed by atoms with Crippen LogP contribution in [0.15, 0.2) is 0 Å². The van der Waals surface area contributed by atoms with Crippen molar-refractivity contribution in [2.45, 2.75) is 66.3 Å². The summed E-state index contributed by atoms with van der Waals surface area (Å²) < 4.78 is 0. The third-order valence-electron chi connectivity index (χ3n) is 3.87. The quantitative estimate of drug-likeness (QED) is 0.792. The van der Waals surface area contributed by atoms with Gasteiger partial charge >= 0.3 is 0 Å². The lowest BCUT2D eigenvalue weighted by Gasteiger charge is -2.52. The molecule has 3 N–H and O–H groups in total.